The number of hydrogen-bond acceptors (Lipinski definition) is 3. The molecule has 1 atom stereocenters. The maximum absolute atomic E-state index is 11.7. The van der Waals surface area contributed by atoms with E-state index in [1.807, 2.05) is 12.1 Å². The lowest BCUT2D eigenvalue weighted by Crippen LogP contribution is -2.39. The van der Waals surface area contributed by atoms with Crippen LogP contribution >= 0.6 is 23.2 Å². The Morgan fingerprint density at radius 2 is 1.91 bits per heavy atom. The lowest BCUT2D eigenvalue weighted by molar-refractivity contribution is -0.120. The SMILES string of the molecule is CCCN(CCC(=O)NC(=O)NC)C(C)c1ccc(Cl)c(Cl)c1. The van der Waals surface area contributed by atoms with Crippen LogP contribution in [0.25, 0.3) is 0 Å². The lowest BCUT2D eigenvalue weighted by Gasteiger charge is -2.29. The normalized spacial score (nSPS) is 12.1. The number of imide groups is 1. The third-order valence-electron chi connectivity index (χ3n) is 3.59. The standard InChI is InChI=1S/C16H23Cl2N3O2/c1-4-8-21(9-7-15(22)20-16(23)19-3)11(2)12-5-6-13(17)14(18)10-12/h5-6,10-11H,4,7-9H2,1-3H3,(H2,19,20,22,23). The number of nitrogens with one attached hydrogen (secondary N) is 2. The number of nitrogens with zero attached hydrogens (tertiary/aromatic N) is 1. The summed E-state index contributed by atoms with van der Waals surface area (Å²) in [6.45, 7) is 5.54. The number of hydrogen-bond donors (Lipinski definition) is 2. The quantitative estimate of drug-likeness (QED) is 0.781. The molecule has 0 fully saturated rings. The van der Waals surface area contributed by atoms with Crippen molar-refractivity contribution in [3.05, 3.63) is 33.8 Å². The van der Waals surface area contributed by atoms with Crippen molar-refractivity contribution in [2.45, 2.75) is 32.7 Å². The van der Waals surface area contributed by atoms with Gasteiger partial charge in [0.2, 0.25) is 5.91 Å². The molecule has 5 nitrogen and oxygen atoms in total. The van der Waals surface area contributed by atoms with Crippen LogP contribution < -0.4 is 10.6 Å². The van der Waals surface area contributed by atoms with Crippen molar-refractivity contribution in [1.82, 2.24) is 15.5 Å². The largest absolute Gasteiger partial charge is 0.341 e. The molecule has 0 saturated heterocycles. The van der Waals surface area contributed by atoms with Gasteiger partial charge in [-0.3, -0.25) is 15.0 Å². The van der Waals surface area contributed by atoms with Gasteiger partial charge in [0.25, 0.3) is 0 Å². The van der Waals surface area contributed by atoms with E-state index in [1.165, 1.54) is 7.05 Å². The maximum atomic E-state index is 11.7. The van der Waals surface area contributed by atoms with Crippen LogP contribution in [0.4, 0.5) is 4.79 Å². The van der Waals surface area contributed by atoms with Crippen molar-refractivity contribution in [1.29, 1.82) is 0 Å². The van der Waals surface area contributed by atoms with E-state index >= 15 is 0 Å². The molecule has 0 aliphatic heterocycles. The predicted molar refractivity (Wildman–Crippen MR) is 94.0 cm³/mol. The van der Waals surface area contributed by atoms with Crippen molar-refractivity contribution in [2.75, 3.05) is 20.1 Å². The van der Waals surface area contributed by atoms with Crippen LogP contribution in [-0.2, 0) is 4.79 Å². The second kappa shape index (κ2) is 9.75. The first-order valence-corrected chi connectivity index (χ1v) is 8.35. The molecule has 2 N–H and O–H groups in total. The highest BCUT2D eigenvalue weighted by Crippen LogP contribution is 2.28. The van der Waals surface area contributed by atoms with Crippen LogP contribution in [0.1, 0.15) is 38.3 Å². The molecule has 0 saturated carbocycles. The molecule has 1 aromatic carbocycles. The zero-order valence-electron chi connectivity index (χ0n) is 13.7. The molecule has 128 valence electrons. The van der Waals surface area contributed by atoms with Crippen molar-refractivity contribution in [3.8, 4) is 0 Å². The van der Waals surface area contributed by atoms with Crippen LogP contribution in [0, 0.1) is 0 Å². The maximum Gasteiger partial charge on any atom is 0.321 e. The summed E-state index contributed by atoms with van der Waals surface area (Å²) in [6, 6.07) is 5.17. The van der Waals surface area contributed by atoms with Crippen molar-refractivity contribution in [2.24, 2.45) is 0 Å². The highest BCUT2D eigenvalue weighted by atomic mass is 35.5. The summed E-state index contributed by atoms with van der Waals surface area (Å²) in [5.74, 6) is -0.299. The van der Waals surface area contributed by atoms with Crippen LogP contribution in [0.5, 0.6) is 0 Å². The van der Waals surface area contributed by atoms with E-state index in [0.717, 1.165) is 18.5 Å². The molecule has 7 heteroatoms. The Labute approximate surface area is 147 Å². The summed E-state index contributed by atoms with van der Waals surface area (Å²) >= 11 is 12.0. The fourth-order valence-corrected chi connectivity index (χ4v) is 2.57. The summed E-state index contributed by atoms with van der Waals surface area (Å²) in [7, 11) is 1.47. The minimum Gasteiger partial charge on any atom is -0.341 e. The smallest absolute Gasteiger partial charge is 0.321 e. The second-order valence-electron chi connectivity index (χ2n) is 5.26. The van der Waals surface area contributed by atoms with Gasteiger partial charge in [-0.2, -0.15) is 0 Å². The van der Waals surface area contributed by atoms with Gasteiger partial charge in [-0.15, -0.1) is 0 Å². The molecule has 0 aliphatic rings. The minimum atomic E-state index is -0.491. The molecule has 0 aliphatic carbocycles. The van der Waals surface area contributed by atoms with Crippen molar-refractivity contribution >= 4 is 35.1 Å². The summed E-state index contributed by atoms with van der Waals surface area (Å²) in [6.07, 6.45) is 1.21. The Hall–Kier alpha value is -1.30. The first kappa shape index (κ1) is 19.7. The Bertz CT molecular complexity index is 552. The van der Waals surface area contributed by atoms with Crippen LogP contribution in [0.15, 0.2) is 18.2 Å². The summed E-state index contributed by atoms with van der Waals surface area (Å²) in [5.41, 5.74) is 1.04. The van der Waals surface area contributed by atoms with Crippen LogP contribution in [0.2, 0.25) is 10.0 Å². The highest BCUT2D eigenvalue weighted by Gasteiger charge is 2.17. The first-order chi connectivity index (χ1) is 10.9. The molecule has 1 aromatic rings. The van der Waals surface area contributed by atoms with Crippen LogP contribution in [0.3, 0.4) is 0 Å². The van der Waals surface area contributed by atoms with E-state index in [0.29, 0.717) is 16.6 Å². The van der Waals surface area contributed by atoms with Gasteiger partial charge in [-0.25, -0.2) is 4.79 Å². The number of urea groups is 1. The predicted octanol–water partition coefficient (Wildman–Crippen LogP) is 3.61. The average molecular weight is 360 g/mol. The molecule has 3 amide bonds. The Morgan fingerprint density at radius 1 is 1.22 bits per heavy atom. The topological polar surface area (TPSA) is 61.4 Å². The summed E-state index contributed by atoms with van der Waals surface area (Å²) in [4.78, 5) is 25.1. The Kier molecular flexibility index (Phi) is 8.37. The Balaban J connectivity index is 2.70. The summed E-state index contributed by atoms with van der Waals surface area (Å²) < 4.78 is 0. The van der Waals surface area contributed by atoms with Gasteiger partial charge >= 0.3 is 6.03 Å². The minimum absolute atomic E-state index is 0.0949. The summed E-state index contributed by atoms with van der Waals surface area (Å²) in [5, 5.41) is 5.67. The van der Waals surface area contributed by atoms with Crippen molar-refractivity contribution < 1.29 is 9.59 Å². The monoisotopic (exact) mass is 359 g/mol. The van der Waals surface area contributed by atoms with Gasteiger partial charge in [0.1, 0.15) is 0 Å². The third kappa shape index (κ3) is 6.37. The van der Waals surface area contributed by atoms with E-state index in [-0.39, 0.29) is 18.4 Å². The molecule has 1 rings (SSSR count). The number of carbonyl (C=O) groups excluding carboxylic acids is 2. The fraction of sp³-hybridized carbons (Fsp3) is 0.500. The average Bonchev–Trinajstić information content (AvgIpc) is 2.53. The second-order valence-corrected chi connectivity index (χ2v) is 6.08. The third-order valence-corrected chi connectivity index (χ3v) is 4.33. The number of halogens is 2. The molecule has 0 aromatic heterocycles. The van der Waals surface area contributed by atoms with Gasteiger partial charge in [-0.1, -0.05) is 36.2 Å². The number of carbonyl (C=O) groups is 2. The van der Waals surface area contributed by atoms with E-state index in [9.17, 15) is 9.59 Å². The zero-order valence-corrected chi connectivity index (χ0v) is 15.2. The van der Waals surface area contributed by atoms with Crippen molar-refractivity contribution in [3.63, 3.8) is 0 Å². The van der Waals surface area contributed by atoms with Gasteiger partial charge in [0, 0.05) is 26.1 Å². The van der Waals surface area contributed by atoms with Gasteiger partial charge in [0.15, 0.2) is 0 Å². The zero-order chi connectivity index (χ0) is 17.4. The number of amides is 3. The first-order valence-electron chi connectivity index (χ1n) is 7.59. The molecule has 0 spiro atoms. The molecular weight excluding hydrogens is 337 g/mol. The fourth-order valence-electron chi connectivity index (χ4n) is 2.27. The van der Waals surface area contributed by atoms with E-state index in [2.05, 4.69) is 29.4 Å². The number of rotatable bonds is 7. The van der Waals surface area contributed by atoms with E-state index < -0.39 is 6.03 Å². The highest BCUT2D eigenvalue weighted by molar-refractivity contribution is 6.42. The van der Waals surface area contributed by atoms with Gasteiger partial charge < -0.3 is 5.32 Å². The lowest BCUT2D eigenvalue weighted by atomic mass is 10.1. The van der Waals surface area contributed by atoms with Gasteiger partial charge in [-0.05, 0) is 37.6 Å². The Morgan fingerprint density at radius 3 is 2.48 bits per heavy atom. The molecule has 0 heterocycles. The molecular formula is C16H23Cl2N3O2. The van der Waals surface area contributed by atoms with E-state index in [4.69, 9.17) is 23.2 Å². The number of benzene rings is 1. The van der Waals surface area contributed by atoms with Gasteiger partial charge in [0.05, 0.1) is 10.0 Å². The van der Waals surface area contributed by atoms with Crippen LogP contribution in [-0.4, -0.2) is 37.0 Å². The van der Waals surface area contributed by atoms with E-state index in [1.54, 1.807) is 6.07 Å². The molecule has 23 heavy (non-hydrogen) atoms. The molecule has 1 unspecified atom stereocenters. The molecule has 0 radical (unpaired) electrons. The molecule has 0 bridgehead atoms.